The van der Waals surface area contributed by atoms with Gasteiger partial charge in [-0.3, -0.25) is 4.79 Å². The second-order valence-electron chi connectivity index (χ2n) is 7.30. The van der Waals surface area contributed by atoms with Crippen LogP contribution in [0.3, 0.4) is 0 Å². The van der Waals surface area contributed by atoms with Gasteiger partial charge in [-0.1, -0.05) is 41.0 Å². The monoisotopic (exact) mass is 514 g/mol. The van der Waals surface area contributed by atoms with Crippen molar-refractivity contribution >= 4 is 28.4 Å². The molecule has 1 aliphatic heterocycles. The van der Waals surface area contributed by atoms with E-state index in [1.807, 2.05) is 12.1 Å². The number of benzene rings is 1. The van der Waals surface area contributed by atoms with Gasteiger partial charge in [0, 0.05) is 70.6 Å². The van der Waals surface area contributed by atoms with Crippen LogP contribution in [-0.4, -0.2) is 46.7 Å². The van der Waals surface area contributed by atoms with E-state index in [2.05, 4.69) is 21.4 Å². The number of hydrogen-bond acceptors (Lipinski definition) is 5. The summed E-state index contributed by atoms with van der Waals surface area (Å²) < 4.78 is 7.08. The van der Waals surface area contributed by atoms with Crippen molar-refractivity contribution in [3.05, 3.63) is 74.8 Å². The summed E-state index contributed by atoms with van der Waals surface area (Å²) in [7, 11) is 1.78. The number of aromatic nitrogens is 2. The Bertz CT molecular complexity index is 1130. The minimum Gasteiger partial charge on any atom is -0.387 e. The van der Waals surface area contributed by atoms with E-state index in [1.165, 1.54) is 6.20 Å². The molecular weight excluding hydrogens is 493 g/mol. The smallest absolute Gasteiger partial charge is 0.255 e. The van der Waals surface area contributed by atoms with Crippen LogP contribution in [0.2, 0.25) is 5.02 Å². The van der Waals surface area contributed by atoms with E-state index in [-0.39, 0.29) is 43.7 Å². The molecule has 7 nitrogen and oxygen atoms in total. The molecule has 0 atom stereocenters. The molecule has 1 aromatic carbocycles. The summed E-state index contributed by atoms with van der Waals surface area (Å²) in [6.45, 7) is 3.96. The van der Waals surface area contributed by atoms with Gasteiger partial charge >= 0.3 is 0 Å². The van der Waals surface area contributed by atoms with Crippen molar-refractivity contribution in [1.29, 1.82) is 0 Å². The SMILES string of the molecule is Cn1cc(C(=O)NCc2ccc(Cl)cc2)c(=O)c2cc(CN3CCOCC3)n[c-]c21.[Y]. The van der Waals surface area contributed by atoms with Crippen molar-refractivity contribution in [3.8, 4) is 0 Å². The second kappa shape index (κ2) is 10.8. The Morgan fingerprint density at radius 3 is 2.68 bits per heavy atom. The zero-order chi connectivity index (χ0) is 21.1. The average Bonchev–Trinajstić information content (AvgIpc) is 2.76. The third-order valence-corrected chi connectivity index (χ3v) is 5.39. The first-order valence-electron chi connectivity index (χ1n) is 9.75. The first-order valence-corrected chi connectivity index (χ1v) is 10.1. The van der Waals surface area contributed by atoms with Crippen LogP contribution in [0.5, 0.6) is 0 Å². The predicted molar refractivity (Wildman–Crippen MR) is 115 cm³/mol. The van der Waals surface area contributed by atoms with Crippen LogP contribution in [0, 0.1) is 6.20 Å². The van der Waals surface area contributed by atoms with Crippen molar-refractivity contribution < 1.29 is 42.2 Å². The Hall–Kier alpha value is -1.64. The number of nitrogens with zero attached hydrogens (tertiary/aromatic N) is 3. The second-order valence-corrected chi connectivity index (χ2v) is 7.74. The van der Waals surface area contributed by atoms with Crippen LogP contribution in [-0.2, 0) is 57.6 Å². The predicted octanol–water partition coefficient (Wildman–Crippen LogP) is 2.15. The van der Waals surface area contributed by atoms with Crippen molar-refractivity contribution in [2.45, 2.75) is 13.1 Å². The van der Waals surface area contributed by atoms with Crippen molar-refractivity contribution in [3.63, 3.8) is 0 Å². The third kappa shape index (κ3) is 5.79. The Balaban J connectivity index is 0.00000272. The van der Waals surface area contributed by atoms with E-state index in [1.54, 1.807) is 29.8 Å². The summed E-state index contributed by atoms with van der Waals surface area (Å²) in [5, 5.41) is 3.87. The van der Waals surface area contributed by atoms with E-state index in [0.29, 0.717) is 42.2 Å². The summed E-state index contributed by atoms with van der Waals surface area (Å²) >= 11 is 5.89. The van der Waals surface area contributed by atoms with Crippen molar-refractivity contribution in [1.82, 2.24) is 19.8 Å². The van der Waals surface area contributed by atoms with E-state index < -0.39 is 5.91 Å². The van der Waals surface area contributed by atoms with Crippen LogP contribution in [0.1, 0.15) is 21.6 Å². The van der Waals surface area contributed by atoms with Gasteiger partial charge in [-0.15, -0.1) is 6.07 Å². The number of amides is 1. The summed E-state index contributed by atoms with van der Waals surface area (Å²) in [4.78, 5) is 32.4. The molecule has 3 heterocycles. The number of halogens is 1. The van der Waals surface area contributed by atoms with Crippen LogP contribution in [0.4, 0.5) is 0 Å². The molecule has 0 saturated carbocycles. The molecule has 0 spiro atoms. The van der Waals surface area contributed by atoms with E-state index >= 15 is 0 Å². The van der Waals surface area contributed by atoms with Gasteiger partial charge in [0.2, 0.25) is 0 Å². The summed E-state index contributed by atoms with van der Waals surface area (Å²) in [5.74, 6) is -0.418. The maximum Gasteiger partial charge on any atom is 0.255 e. The summed E-state index contributed by atoms with van der Waals surface area (Å²) in [6.07, 6.45) is 4.49. The zero-order valence-electron chi connectivity index (χ0n) is 17.2. The van der Waals surface area contributed by atoms with Crippen LogP contribution in [0.15, 0.2) is 41.3 Å². The van der Waals surface area contributed by atoms with Gasteiger partial charge in [0.25, 0.3) is 5.91 Å². The first-order chi connectivity index (χ1) is 14.5. The molecular formula is C22H22ClN4O3Y-. The fourth-order valence-corrected chi connectivity index (χ4v) is 3.59. The number of pyridine rings is 2. The minimum absolute atomic E-state index is 0. The number of nitrogens with one attached hydrogen (secondary N) is 1. The van der Waals surface area contributed by atoms with Gasteiger partial charge in [-0.25, -0.2) is 0 Å². The molecule has 1 amide bonds. The summed E-state index contributed by atoms with van der Waals surface area (Å²) in [6, 6.07) is 8.95. The first kappa shape index (κ1) is 24.0. The zero-order valence-corrected chi connectivity index (χ0v) is 20.8. The average molecular weight is 515 g/mol. The minimum atomic E-state index is -0.418. The van der Waals surface area contributed by atoms with E-state index in [4.69, 9.17) is 16.3 Å². The maximum absolute atomic E-state index is 13.0. The third-order valence-electron chi connectivity index (χ3n) is 5.14. The Kier molecular flexibility index (Phi) is 8.36. The largest absolute Gasteiger partial charge is 0.387 e. The van der Waals surface area contributed by atoms with Crippen LogP contribution in [0.25, 0.3) is 10.9 Å². The number of carbonyl (C=O) groups is 1. The quantitative estimate of drug-likeness (QED) is 0.528. The van der Waals surface area contributed by atoms with Gasteiger partial charge in [-0.2, -0.15) is 0 Å². The molecule has 0 bridgehead atoms. The van der Waals surface area contributed by atoms with Crippen molar-refractivity contribution in [2.75, 3.05) is 26.3 Å². The number of fused-ring (bicyclic) bond motifs is 1. The fourth-order valence-electron chi connectivity index (χ4n) is 3.47. The Labute approximate surface area is 210 Å². The van der Waals surface area contributed by atoms with Gasteiger partial charge in [0.05, 0.1) is 18.8 Å². The van der Waals surface area contributed by atoms with E-state index in [9.17, 15) is 9.59 Å². The number of morpholine rings is 1. The fraction of sp³-hybridized carbons (Fsp3) is 0.318. The molecule has 1 radical (unpaired) electrons. The standard InChI is InChI=1S/C22H22ClN4O3.Y/c1-26-14-19(22(29)25-11-15-2-4-16(23)5-3-15)21(28)18-10-17(24-12-20(18)26)13-27-6-8-30-9-7-27;/h2-5,10,14H,6-9,11,13H2,1H3,(H,25,29);/q-1;. The van der Waals surface area contributed by atoms with Gasteiger partial charge < -0.3 is 29.3 Å². The molecule has 159 valence electrons. The topological polar surface area (TPSA) is 76.5 Å². The van der Waals surface area contributed by atoms with Gasteiger partial charge in [0.15, 0.2) is 0 Å². The number of hydrogen-bond donors (Lipinski definition) is 1. The molecule has 0 unspecified atom stereocenters. The molecule has 1 saturated heterocycles. The molecule has 31 heavy (non-hydrogen) atoms. The maximum atomic E-state index is 13.0. The molecule has 9 heteroatoms. The number of carbonyl (C=O) groups excluding carboxylic acids is 1. The van der Waals surface area contributed by atoms with Crippen LogP contribution < -0.4 is 10.7 Å². The van der Waals surface area contributed by atoms with E-state index in [0.717, 1.165) is 24.3 Å². The van der Waals surface area contributed by atoms with Gasteiger partial charge in [-0.05, 0) is 29.8 Å². The normalized spacial score (nSPS) is 14.3. The Morgan fingerprint density at radius 1 is 1.26 bits per heavy atom. The molecule has 1 fully saturated rings. The number of rotatable bonds is 5. The Morgan fingerprint density at radius 2 is 1.97 bits per heavy atom. The molecule has 3 aromatic rings. The molecule has 0 aliphatic carbocycles. The molecule has 4 rings (SSSR count). The molecule has 2 aromatic heterocycles. The van der Waals surface area contributed by atoms with Crippen LogP contribution >= 0.6 is 11.6 Å². The number of aryl methyl sites for hydroxylation is 1. The van der Waals surface area contributed by atoms with Crippen molar-refractivity contribution in [2.24, 2.45) is 7.05 Å². The summed E-state index contributed by atoms with van der Waals surface area (Å²) in [5.41, 5.74) is 1.99. The molecule has 1 N–H and O–H groups in total. The molecule has 1 aliphatic rings. The number of ether oxygens (including phenoxy) is 1. The van der Waals surface area contributed by atoms with Gasteiger partial charge in [0.1, 0.15) is 5.43 Å².